The van der Waals surface area contributed by atoms with Crippen molar-refractivity contribution in [3.05, 3.63) is 64.9 Å². The predicted molar refractivity (Wildman–Crippen MR) is 113 cm³/mol. The molecule has 5 heteroatoms. The summed E-state index contributed by atoms with van der Waals surface area (Å²) in [7, 11) is 0. The third-order valence-electron chi connectivity index (χ3n) is 5.24. The first kappa shape index (κ1) is 18.1. The molecular weight excluding hydrogens is 352 g/mol. The van der Waals surface area contributed by atoms with Crippen LogP contribution in [0.2, 0.25) is 0 Å². The van der Waals surface area contributed by atoms with Gasteiger partial charge in [0.25, 0.3) is 0 Å². The maximum absolute atomic E-state index is 4.85. The monoisotopic (exact) mass is 378 g/mol. The molecule has 1 aromatic carbocycles. The first-order valence-electron chi connectivity index (χ1n) is 9.65. The van der Waals surface area contributed by atoms with Gasteiger partial charge in [-0.25, -0.2) is 4.98 Å². The van der Waals surface area contributed by atoms with Gasteiger partial charge in [0.1, 0.15) is 5.01 Å². The van der Waals surface area contributed by atoms with Gasteiger partial charge in [-0.2, -0.15) is 0 Å². The van der Waals surface area contributed by atoms with Crippen LogP contribution in [-0.4, -0.2) is 23.1 Å². The summed E-state index contributed by atoms with van der Waals surface area (Å²) in [6, 6.07) is 13.0. The van der Waals surface area contributed by atoms with E-state index in [0.717, 1.165) is 35.0 Å². The normalized spacial score (nSPS) is 16.2. The number of hydrogen-bond donors (Lipinski definition) is 2. The van der Waals surface area contributed by atoms with E-state index in [9.17, 15) is 0 Å². The lowest BCUT2D eigenvalue weighted by Crippen LogP contribution is -2.27. The van der Waals surface area contributed by atoms with Crippen molar-refractivity contribution in [3.63, 3.8) is 0 Å². The minimum absolute atomic E-state index is 0.163. The van der Waals surface area contributed by atoms with E-state index in [0.29, 0.717) is 5.92 Å². The fraction of sp³-hybridized carbons (Fsp3) is 0.364. The summed E-state index contributed by atoms with van der Waals surface area (Å²) < 4.78 is 0. The highest BCUT2D eigenvalue weighted by Crippen LogP contribution is 2.33. The molecule has 0 bridgehead atoms. The zero-order valence-electron chi connectivity index (χ0n) is 15.9. The Morgan fingerprint density at radius 1 is 1.15 bits per heavy atom. The SMILES string of the molecule is Cc1ccc(-c2nc(C(C)Nc3ccccc3C3CCNCC3)cs2)cn1. The van der Waals surface area contributed by atoms with Crippen molar-refractivity contribution in [1.29, 1.82) is 0 Å². The first-order valence-corrected chi connectivity index (χ1v) is 10.5. The molecule has 0 aliphatic carbocycles. The van der Waals surface area contributed by atoms with Crippen LogP contribution >= 0.6 is 11.3 Å². The number of thiazole rings is 1. The number of piperidine rings is 1. The van der Waals surface area contributed by atoms with Crippen LogP contribution in [0.4, 0.5) is 5.69 Å². The second-order valence-electron chi connectivity index (χ2n) is 7.24. The van der Waals surface area contributed by atoms with E-state index < -0.39 is 0 Å². The van der Waals surface area contributed by atoms with Crippen LogP contribution in [0.3, 0.4) is 0 Å². The average Bonchev–Trinajstić information content (AvgIpc) is 3.20. The maximum Gasteiger partial charge on any atom is 0.125 e. The molecule has 1 saturated heterocycles. The Morgan fingerprint density at radius 3 is 2.74 bits per heavy atom. The van der Waals surface area contributed by atoms with Crippen molar-refractivity contribution in [2.24, 2.45) is 0 Å². The second-order valence-corrected chi connectivity index (χ2v) is 8.10. The molecule has 3 heterocycles. The van der Waals surface area contributed by atoms with Gasteiger partial charge in [-0.15, -0.1) is 11.3 Å². The Bertz CT molecular complexity index is 881. The molecule has 4 rings (SSSR count). The average molecular weight is 379 g/mol. The van der Waals surface area contributed by atoms with Crippen LogP contribution < -0.4 is 10.6 Å². The van der Waals surface area contributed by atoms with Gasteiger partial charge in [-0.1, -0.05) is 18.2 Å². The Hall–Kier alpha value is -2.24. The van der Waals surface area contributed by atoms with Crippen LogP contribution in [0, 0.1) is 6.92 Å². The molecule has 0 radical (unpaired) electrons. The zero-order valence-corrected chi connectivity index (χ0v) is 16.7. The molecule has 1 fully saturated rings. The van der Waals surface area contributed by atoms with Gasteiger partial charge in [0, 0.05) is 28.5 Å². The van der Waals surface area contributed by atoms with Crippen LogP contribution in [0.1, 0.15) is 48.7 Å². The largest absolute Gasteiger partial charge is 0.377 e. The van der Waals surface area contributed by atoms with Gasteiger partial charge in [0.2, 0.25) is 0 Å². The summed E-state index contributed by atoms with van der Waals surface area (Å²) in [6.07, 6.45) is 4.31. The van der Waals surface area contributed by atoms with E-state index in [4.69, 9.17) is 4.98 Å². The third-order valence-corrected chi connectivity index (χ3v) is 6.15. The van der Waals surface area contributed by atoms with Crippen LogP contribution in [0.5, 0.6) is 0 Å². The number of para-hydroxylation sites is 1. The Balaban J connectivity index is 1.51. The van der Waals surface area contributed by atoms with Crippen molar-refractivity contribution in [2.75, 3.05) is 18.4 Å². The lowest BCUT2D eigenvalue weighted by molar-refractivity contribution is 0.461. The van der Waals surface area contributed by atoms with Gasteiger partial charge in [-0.3, -0.25) is 4.98 Å². The molecule has 3 aromatic rings. The molecule has 0 saturated carbocycles. The van der Waals surface area contributed by atoms with Crippen molar-refractivity contribution >= 4 is 17.0 Å². The highest BCUT2D eigenvalue weighted by Gasteiger charge is 2.19. The van der Waals surface area contributed by atoms with E-state index in [1.807, 2.05) is 19.2 Å². The second kappa shape index (κ2) is 8.19. The van der Waals surface area contributed by atoms with E-state index in [1.54, 1.807) is 11.3 Å². The fourth-order valence-electron chi connectivity index (χ4n) is 3.64. The third kappa shape index (κ3) is 4.20. The van der Waals surface area contributed by atoms with E-state index in [-0.39, 0.29) is 6.04 Å². The fourth-order valence-corrected chi connectivity index (χ4v) is 4.54. The van der Waals surface area contributed by atoms with E-state index >= 15 is 0 Å². The molecule has 1 atom stereocenters. The molecule has 0 amide bonds. The number of nitrogens with zero attached hydrogens (tertiary/aromatic N) is 2. The molecule has 2 aromatic heterocycles. The summed E-state index contributed by atoms with van der Waals surface area (Å²) in [5.74, 6) is 0.631. The number of anilines is 1. The van der Waals surface area contributed by atoms with Crippen molar-refractivity contribution in [3.8, 4) is 10.6 Å². The highest BCUT2D eigenvalue weighted by molar-refractivity contribution is 7.13. The van der Waals surface area contributed by atoms with Gasteiger partial charge < -0.3 is 10.6 Å². The number of pyridine rings is 1. The van der Waals surface area contributed by atoms with Crippen LogP contribution in [-0.2, 0) is 0 Å². The van der Waals surface area contributed by atoms with Crippen molar-refractivity contribution < 1.29 is 0 Å². The first-order chi connectivity index (χ1) is 13.2. The molecule has 0 spiro atoms. The molecule has 1 aliphatic heterocycles. The van der Waals surface area contributed by atoms with E-state index in [2.05, 4.69) is 58.3 Å². The molecule has 2 N–H and O–H groups in total. The molecule has 1 unspecified atom stereocenters. The summed E-state index contributed by atoms with van der Waals surface area (Å²) in [5.41, 5.74) is 5.86. The topological polar surface area (TPSA) is 49.8 Å². The Morgan fingerprint density at radius 2 is 1.96 bits per heavy atom. The predicted octanol–water partition coefficient (Wildman–Crippen LogP) is 5.15. The minimum atomic E-state index is 0.163. The summed E-state index contributed by atoms with van der Waals surface area (Å²) in [4.78, 5) is 9.24. The number of nitrogens with one attached hydrogen (secondary N) is 2. The van der Waals surface area contributed by atoms with Crippen molar-refractivity contribution in [1.82, 2.24) is 15.3 Å². The number of hydrogen-bond acceptors (Lipinski definition) is 5. The lowest BCUT2D eigenvalue weighted by atomic mass is 9.89. The molecule has 140 valence electrons. The van der Waals surface area contributed by atoms with Gasteiger partial charge in [-0.05, 0) is 69.5 Å². The number of rotatable bonds is 5. The molecule has 4 nitrogen and oxygen atoms in total. The van der Waals surface area contributed by atoms with Gasteiger partial charge in [0.15, 0.2) is 0 Å². The summed E-state index contributed by atoms with van der Waals surface area (Å²) in [5, 5.41) is 10.3. The van der Waals surface area contributed by atoms with Gasteiger partial charge in [0.05, 0.1) is 11.7 Å². The molecular formula is C22H26N4S. The van der Waals surface area contributed by atoms with Crippen LogP contribution in [0.25, 0.3) is 10.6 Å². The number of aromatic nitrogens is 2. The maximum atomic E-state index is 4.85. The quantitative estimate of drug-likeness (QED) is 0.644. The summed E-state index contributed by atoms with van der Waals surface area (Å²) in [6.45, 7) is 6.40. The molecule has 27 heavy (non-hydrogen) atoms. The highest BCUT2D eigenvalue weighted by atomic mass is 32.1. The molecule has 1 aliphatic rings. The Labute approximate surface area is 165 Å². The minimum Gasteiger partial charge on any atom is -0.377 e. The van der Waals surface area contributed by atoms with Crippen LogP contribution in [0.15, 0.2) is 48.0 Å². The number of benzene rings is 1. The van der Waals surface area contributed by atoms with Gasteiger partial charge >= 0.3 is 0 Å². The Kier molecular flexibility index (Phi) is 5.50. The lowest BCUT2D eigenvalue weighted by Gasteiger charge is -2.26. The standard InChI is InChI=1S/C22H26N4S/c1-15-7-8-18(13-24-15)22-26-21(14-27-22)16(2)25-20-6-4-3-5-19(20)17-9-11-23-12-10-17/h3-8,13-14,16-17,23,25H,9-12H2,1-2H3. The number of aryl methyl sites for hydroxylation is 1. The zero-order chi connectivity index (χ0) is 18.6. The van der Waals surface area contributed by atoms with E-state index in [1.165, 1.54) is 24.1 Å². The van der Waals surface area contributed by atoms with Crippen molar-refractivity contribution in [2.45, 2.75) is 38.6 Å². The summed E-state index contributed by atoms with van der Waals surface area (Å²) >= 11 is 1.68. The smallest absolute Gasteiger partial charge is 0.125 e.